The molecule has 0 saturated heterocycles. The van der Waals surface area contributed by atoms with E-state index in [0.29, 0.717) is 12.2 Å². The van der Waals surface area contributed by atoms with Crippen LogP contribution in [0.5, 0.6) is 5.75 Å². The largest absolute Gasteiger partial charge is 0.488 e. The van der Waals surface area contributed by atoms with Crippen LogP contribution in [0.1, 0.15) is 54.2 Å². The summed E-state index contributed by atoms with van der Waals surface area (Å²) in [4.78, 5) is 12.1. The molecule has 2 aromatic carbocycles. The second kappa shape index (κ2) is 8.24. The predicted molar refractivity (Wildman–Crippen MR) is 95.0 cm³/mol. The van der Waals surface area contributed by atoms with Gasteiger partial charge in [-0.2, -0.15) is 0 Å². The first-order valence-electron chi connectivity index (χ1n) is 8.61. The van der Waals surface area contributed by atoms with E-state index < -0.39 is 11.6 Å². The zero-order valence-electron chi connectivity index (χ0n) is 15.2. The van der Waals surface area contributed by atoms with Crippen molar-refractivity contribution >= 4 is 5.78 Å². The van der Waals surface area contributed by atoms with Gasteiger partial charge in [-0.3, -0.25) is 4.79 Å². The fraction of sp³-hybridized carbons (Fsp3) is 0.381. The van der Waals surface area contributed by atoms with Gasteiger partial charge in [0.05, 0.1) is 5.56 Å². The summed E-state index contributed by atoms with van der Waals surface area (Å²) in [5.41, 5.74) is 1.90. The zero-order chi connectivity index (χ0) is 18.6. The minimum Gasteiger partial charge on any atom is -0.488 e. The van der Waals surface area contributed by atoms with Crippen LogP contribution in [0, 0.1) is 24.5 Å². The second-order valence-electron chi connectivity index (χ2n) is 6.35. The summed E-state index contributed by atoms with van der Waals surface area (Å²) in [6, 6.07) is 7.99. The molecule has 2 rings (SSSR count). The van der Waals surface area contributed by atoms with Gasteiger partial charge < -0.3 is 4.74 Å². The lowest BCUT2D eigenvalue weighted by molar-refractivity contribution is 0.0926. The molecule has 1 atom stereocenters. The van der Waals surface area contributed by atoms with Crippen molar-refractivity contribution in [1.29, 1.82) is 0 Å². The average molecular weight is 346 g/mol. The Kier molecular flexibility index (Phi) is 6.29. The molecule has 2 nitrogen and oxygen atoms in total. The van der Waals surface area contributed by atoms with Crippen molar-refractivity contribution < 1.29 is 18.3 Å². The van der Waals surface area contributed by atoms with E-state index in [4.69, 9.17) is 4.74 Å². The molecule has 2 aromatic rings. The smallest absolute Gasteiger partial charge is 0.165 e. The molecule has 0 bridgehead atoms. The van der Waals surface area contributed by atoms with Crippen LogP contribution in [0.4, 0.5) is 8.78 Å². The van der Waals surface area contributed by atoms with Crippen LogP contribution in [0.2, 0.25) is 0 Å². The number of Topliss-reactive ketones (excluding diaryl/α,β-unsaturated/α-hetero) is 1. The quantitative estimate of drug-likeness (QED) is 0.606. The highest BCUT2D eigenvalue weighted by molar-refractivity contribution is 5.97. The van der Waals surface area contributed by atoms with Gasteiger partial charge in [0.15, 0.2) is 5.78 Å². The van der Waals surface area contributed by atoms with Crippen molar-refractivity contribution in [2.45, 2.75) is 47.1 Å². The SMILES string of the molecule is CCc1ccc(C)cc1OCc1c(F)cc(C(=O)C(C)CC)cc1F. The van der Waals surface area contributed by atoms with Gasteiger partial charge in [0.1, 0.15) is 24.0 Å². The highest BCUT2D eigenvalue weighted by Gasteiger charge is 2.19. The van der Waals surface area contributed by atoms with Crippen LogP contribution in [-0.4, -0.2) is 5.78 Å². The van der Waals surface area contributed by atoms with Crippen LogP contribution in [-0.2, 0) is 13.0 Å². The Labute approximate surface area is 147 Å². The molecule has 0 saturated carbocycles. The van der Waals surface area contributed by atoms with Gasteiger partial charge in [0.25, 0.3) is 0 Å². The molecule has 0 aliphatic heterocycles. The number of aryl methyl sites for hydroxylation is 2. The highest BCUT2D eigenvalue weighted by Crippen LogP contribution is 2.24. The van der Waals surface area contributed by atoms with Crippen LogP contribution >= 0.6 is 0 Å². The van der Waals surface area contributed by atoms with E-state index >= 15 is 0 Å². The number of carbonyl (C=O) groups excluding carboxylic acids is 1. The Morgan fingerprint density at radius 3 is 2.32 bits per heavy atom. The summed E-state index contributed by atoms with van der Waals surface area (Å²) in [6.07, 6.45) is 1.39. The molecule has 1 unspecified atom stereocenters. The summed E-state index contributed by atoms with van der Waals surface area (Å²) < 4.78 is 34.3. The molecule has 0 aliphatic rings. The van der Waals surface area contributed by atoms with Crippen LogP contribution < -0.4 is 4.74 Å². The van der Waals surface area contributed by atoms with Crippen LogP contribution in [0.15, 0.2) is 30.3 Å². The third-order valence-corrected chi connectivity index (χ3v) is 4.46. The molecule has 0 spiro atoms. The minimum atomic E-state index is -0.752. The lowest BCUT2D eigenvalue weighted by Gasteiger charge is -2.14. The zero-order valence-corrected chi connectivity index (χ0v) is 15.2. The van der Waals surface area contributed by atoms with E-state index in [9.17, 15) is 13.6 Å². The predicted octanol–water partition coefficient (Wildman–Crippen LogP) is 5.64. The number of halogens is 2. The van der Waals surface area contributed by atoms with Crippen molar-refractivity contribution in [2.24, 2.45) is 5.92 Å². The number of rotatable bonds is 7. The number of hydrogen-bond donors (Lipinski definition) is 0. The number of ether oxygens (including phenoxy) is 1. The summed E-state index contributed by atoms with van der Waals surface area (Å²) in [5, 5.41) is 0. The Morgan fingerprint density at radius 2 is 1.76 bits per heavy atom. The topological polar surface area (TPSA) is 26.3 Å². The third kappa shape index (κ3) is 4.44. The molecule has 0 aliphatic carbocycles. The van der Waals surface area contributed by atoms with E-state index in [-0.39, 0.29) is 29.4 Å². The first kappa shape index (κ1) is 19.1. The maximum Gasteiger partial charge on any atom is 0.165 e. The second-order valence-corrected chi connectivity index (χ2v) is 6.35. The van der Waals surface area contributed by atoms with Gasteiger partial charge in [0.2, 0.25) is 0 Å². The number of ketones is 1. The van der Waals surface area contributed by atoms with Crippen molar-refractivity contribution in [1.82, 2.24) is 0 Å². The van der Waals surface area contributed by atoms with E-state index in [1.807, 2.05) is 39.0 Å². The summed E-state index contributed by atoms with van der Waals surface area (Å²) in [5.74, 6) is -1.39. The van der Waals surface area contributed by atoms with E-state index in [1.54, 1.807) is 6.92 Å². The van der Waals surface area contributed by atoms with Crippen molar-refractivity contribution in [2.75, 3.05) is 0 Å². The maximum atomic E-state index is 14.3. The monoisotopic (exact) mass is 346 g/mol. The molecule has 0 N–H and O–H groups in total. The Morgan fingerprint density at radius 1 is 1.12 bits per heavy atom. The lowest BCUT2D eigenvalue weighted by atomic mass is 9.96. The van der Waals surface area contributed by atoms with Crippen LogP contribution in [0.25, 0.3) is 0 Å². The van der Waals surface area contributed by atoms with E-state index in [1.165, 1.54) is 0 Å². The molecule has 0 amide bonds. The van der Waals surface area contributed by atoms with Gasteiger partial charge in [-0.15, -0.1) is 0 Å². The summed E-state index contributed by atoms with van der Waals surface area (Å²) in [7, 11) is 0. The fourth-order valence-corrected chi connectivity index (χ4v) is 2.59. The van der Waals surface area contributed by atoms with E-state index in [0.717, 1.165) is 29.7 Å². The van der Waals surface area contributed by atoms with E-state index in [2.05, 4.69) is 0 Å². The third-order valence-electron chi connectivity index (χ3n) is 4.46. The first-order chi connectivity index (χ1) is 11.9. The highest BCUT2D eigenvalue weighted by atomic mass is 19.1. The standard InChI is InChI=1S/C21H24F2O2/c1-5-14(4)21(24)16-10-18(22)17(19(23)11-16)12-25-20-9-13(3)7-8-15(20)6-2/h7-11,14H,5-6,12H2,1-4H3. The van der Waals surface area contributed by atoms with Crippen molar-refractivity contribution in [3.05, 3.63) is 64.2 Å². The molecule has 0 heterocycles. The van der Waals surface area contributed by atoms with Gasteiger partial charge in [0, 0.05) is 11.5 Å². The molecule has 4 heteroatoms. The van der Waals surface area contributed by atoms with Gasteiger partial charge in [-0.1, -0.05) is 32.9 Å². The number of carbonyl (C=O) groups is 1. The average Bonchev–Trinajstić information content (AvgIpc) is 2.59. The Balaban J connectivity index is 2.24. The fourth-order valence-electron chi connectivity index (χ4n) is 2.59. The lowest BCUT2D eigenvalue weighted by Crippen LogP contribution is -2.12. The van der Waals surface area contributed by atoms with Crippen molar-refractivity contribution in [3.8, 4) is 5.75 Å². The Bertz CT molecular complexity index is 745. The molecular formula is C21H24F2O2. The van der Waals surface area contributed by atoms with Gasteiger partial charge in [-0.05, 0) is 49.1 Å². The molecule has 134 valence electrons. The Hall–Kier alpha value is -2.23. The molecule has 0 radical (unpaired) electrons. The molecule has 0 fully saturated rings. The van der Waals surface area contributed by atoms with Crippen molar-refractivity contribution in [3.63, 3.8) is 0 Å². The maximum absolute atomic E-state index is 14.3. The number of hydrogen-bond acceptors (Lipinski definition) is 2. The van der Waals surface area contributed by atoms with Gasteiger partial charge >= 0.3 is 0 Å². The molecule has 25 heavy (non-hydrogen) atoms. The van der Waals surface area contributed by atoms with Gasteiger partial charge in [-0.25, -0.2) is 8.78 Å². The molecule has 0 aromatic heterocycles. The summed E-state index contributed by atoms with van der Waals surface area (Å²) >= 11 is 0. The minimum absolute atomic E-state index is 0.0675. The number of benzene rings is 2. The van der Waals surface area contributed by atoms with Crippen LogP contribution in [0.3, 0.4) is 0 Å². The first-order valence-corrected chi connectivity index (χ1v) is 8.61. The molecular weight excluding hydrogens is 322 g/mol. The summed E-state index contributed by atoms with van der Waals surface area (Å²) in [6.45, 7) is 7.33. The normalized spacial score (nSPS) is 12.1.